The molecule has 0 aliphatic carbocycles. The molecule has 0 saturated heterocycles. The number of hydrogen-bond donors (Lipinski definition) is 0. The summed E-state index contributed by atoms with van der Waals surface area (Å²) in [6.45, 7) is 8.65. The standard InChI is InChI=1S/C27H27F3Si/c1-21(22-15-17-23(18-16-22)27(28,29)30)19-20-31(26(2,3)4,24-11-7-5-8-12-24)25-13-9-6-10-14-25/h5-18,21H,1-4H3/t21-/m1/s1. The highest BCUT2D eigenvalue weighted by atomic mass is 28.3. The average molecular weight is 437 g/mol. The van der Waals surface area contributed by atoms with Gasteiger partial charge in [0, 0.05) is 5.92 Å². The number of benzene rings is 3. The molecule has 0 amide bonds. The molecule has 1 atom stereocenters. The molecule has 0 heterocycles. The molecule has 3 rings (SSSR count). The van der Waals surface area contributed by atoms with Crippen molar-refractivity contribution in [1.29, 1.82) is 0 Å². The van der Waals surface area contributed by atoms with E-state index in [9.17, 15) is 13.2 Å². The summed E-state index contributed by atoms with van der Waals surface area (Å²) in [4.78, 5) is 0. The van der Waals surface area contributed by atoms with Gasteiger partial charge in [0.1, 0.15) is 0 Å². The third-order valence-corrected chi connectivity index (χ3v) is 10.9. The second kappa shape index (κ2) is 8.76. The summed E-state index contributed by atoms with van der Waals surface area (Å²) >= 11 is 0. The predicted molar refractivity (Wildman–Crippen MR) is 125 cm³/mol. The normalized spacial score (nSPS) is 13.3. The van der Waals surface area contributed by atoms with Gasteiger partial charge in [-0.1, -0.05) is 93.6 Å². The van der Waals surface area contributed by atoms with E-state index in [1.165, 1.54) is 22.5 Å². The van der Waals surface area contributed by atoms with E-state index in [-0.39, 0.29) is 11.0 Å². The van der Waals surface area contributed by atoms with Crippen LogP contribution in [0.4, 0.5) is 13.2 Å². The summed E-state index contributed by atoms with van der Waals surface area (Å²) < 4.78 is 38.7. The minimum Gasteiger partial charge on any atom is -0.166 e. The summed E-state index contributed by atoms with van der Waals surface area (Å²) in [5.41, 5.74) is 3.87. The molecule has 0 radical (unpaired) electrons. The van der Waals surface area contributed by atoms with Gasteiger partial charge in [0.25, 0.3) is 0 Å². The molecule has 4 heteroatoms. The van der Waals surface area contributed by atoms with Crippen LogP contribution in [-0.4, -0.2) is 8.07 Å². The van der Waals surface area contributed by atoms with Crippen LogP contribution in [0, 0.1) is 11.5 Å². The summed E-state index contributed by atoms with van der Waals surface area (Å²) in [6.07, 6.45) is -4.33. The fourth-order valence-corrected chi connectivity index (χ4v) is 8.55. The molecule has 0 spiro atoms. The van der Waals surface area contributed by atoms with Crippen molar-refractivity contribution < 1.29 is 13.2 Å². The van der Waals surface area contributed by atoms with Crippen LogP contribution in [0.15, 0.2) is 84.9 Å². The van der Waals surface area contributed by atoms with Crippen molar-refractivity contribution in [2.75, 3.05) is 0 Å². The number of halogens is 3. The maximum atomic E-state index is 12.9. The van der Waals surface area contributed by atoms with Crippen LogP contribution in [0.25, 0.3) is 0 Å². The Kier molecular flexibility index (Phi) is 6.47. The summed E-state index contributed by atoms with van der Waals surface area (Å²) in [7, 11) is -2.53. The molecular formula is C27H27F3Si. The van der Waals surface area contributed by atoms with Gasteiger partial charge >= 0.3 is 6.18 Å². The molecule has 0 N–H and O–H groups in total. The molecule has 31 heavy (non-hydrogen) atoms. The summed E-state index contributed by atoms with van der Waals surface area (Å²) in [5, 5.41) is 2.38. The molecular weight excluding hydrogens is 409 g/mol. The molecule has 3 aromatic carbocycles. The highest BCUT2D eigenvalue weighted by Gasteiger charge is 2.47. The zero-order valence-corrected chi connectivity index (χ0v) is 19.3. The van der Waals surface area contributed by atoms with Gasteiger partial charge in [0.15, 0.2) is 0 Å². The molecule has 0 bridgehead atoms. The Hall–Kier alpha value is -2.77. The first-order valence-electron chi connectivity index (χ1n) is 10.4. The molecule has 0 saturated carbocycles. The third-order valence-electron chi connectivity index (χ3n) is 5.75. The van der Waals surface area contributed by atoms with Crippen LogP contribution >= 0.6 is 0 Å². The summed E-state index contributed by atoms with van der Waals surface area (Å²) in [6, 6.07) is 26.2. The Bertz CT molecular complexity index is 1010. The van der Waals surface area contributed by atoms with Crippen molar-refractivity contribution in [1.82, 2.24) is 0 Å². The lowest BCUT2D eigenvalue weighted by molar-refractivity contribution is -0.137. The van der Waals surface area contributed by atoms with Crippen LogP contribution in [0.2, 0.25) is 5.04 Å². The molecule has 0 unspecified atom stereocenters. The monoisotopic (exact) mass is 436 g/mol. The second-order valence-electron chi connectivity index (χ2n) is 8.84. The van der Waals surface area contributed by atoms with Gasteiger partial charge in [0.2, 0.25) is 8.07 Å². The molecule has 3 aromatic rings. The van der Waals surface area contributed by atoms with Crippen molar-refractivity contribution >= 4 is 18.4 Å². The van der Waals surface area contributed by atoms with Gasteiger partial charge in [-0.3, -0.25) is 0 Å². The molecule has 0 aliphatic heterocycles. The van der Waals surface area contributed by atoms with Crippen LogP contribution < -0.4 is 10.4 Å². The fourth-order valence-electron chi connectivity index (χ4n) is 4.00. The Morgan fingerprint density at radius 2 is 1.16 bits per heavy atom. The Balaban J connectivity index is 2.12. The second-order valence-corrected chi connectivity index (χ2v) is 13.2. The SMILES string of the molecule is C[C@H](C#C[Si](c1ccccc1)(c1ccccc1)C(C)(C)C)c1ccc(C(F)(F)F)cc1. The molecule has 0 fully saturated rings. The van der Waals surface area contributed by atoms with Gasteiger partial charge in [-0.05, 0) is 40.0 Å². The maximum Gasteiger partial charge on any atom is 0.416 e. The van der Waals surface area contributed by atoms with Crippen molar-refractivity contribution in [3.8, 4) is 11.5 Å². The van der Waals surface area contributed by atoms with Crippen LogP contribution in [0.5, 0.6) is 0 Å². The Labute approximate surface area is 184 Å². The third kappa shape index (κ3) is 4.78. The van der Waals surface area contributed by atoms with Crippen molar-refractivity contribution in [2.45, 2.75) is 44.8 Å². The lowest BCUT2D eigenvalue weighted by Gasteiger charge is -2.39. The molecule has 0 aromatic heterocycles. The largest absolute Gasteiger partial charge is 0.416 e. The van der Waals surface area contributed by atoms with Gasteiger partial charge in [0.05, 0.1) is 5.56 Å². The quantitative estimate of drug-likeness (QED) is 0.328. The van der Waals surface area contributed by atoms with Crippen molar-refractivity contribution in [3.63, 3.8) is 0 Å². The zero-order valence-electron chi connectivity index (χ0n) is 18.3. The van der Waals surface area contributed by atoms with E-state index in [1.807, 2.05) is 43.3 Å². The van der Waals surface area contributed by atoms with E-state index in [1.54, 1.807) is 0 Å². The fraction of sp³-hybridized carbons (Fsp3) is 0.259. The van der Waals surface area contributed by atoms with E-state index < -0.39 is 19.8 Å². The minimum absolute atomic E-state index is 0.0947. The highest BCUT2D eigenvalue weighted by Crippen LogP contribution is 2.36. The van der Waals surface area contributed by atoms with Crippen LogP contribution in [-0.2, 0) is 6.18 Å². The number of alkyl halides is 3. The molecule has 160 valence electrons. The first-order chi connectivity index (χ1) is 14.6. The van der Waals surface area contributed by atoms with Crippen LogP contribution in [0.3, 0.4) is 0 Å². The van der Waals surface area contributed by atoms with Crippen molar-refractivity contribution in [2.24, 2.45) is 0 Å². The topological polar surface area (TPSA) is 0 Å². The highest BCUT2D eigenvalue weighted by molar-refractivity contribution is 7.10. The van der Waals surface area contributed by atoms with E-state index in [0.717, 1.165) is 17.7 Å². The Morgan fingerprint density at radius 1 is 0.710 bits per heavy atom. The number of rotatable bonds is 3. The molecule has 0 nitrogen and oxygen atoms in total. The first kappa shape index (κ1) is 22.9. The number of hydrogen-bond acceptors (Lipinski definition) is 0. The minimum atomic E-state index is -4.33. The van der Waals surface area contributed by atoms with Gasteiger partial charge in [-0.15, -0.1) is 11.5 Å². The van der Waals surface area contributed by atoms with E-state index in [0.29, 0.717) is 0 Å². The predicted octanol–water partition coefficient (Wildman–Crippen LogP) is 6.41. The summed E-state index contributed by atoms with van der Waals surface area (Å²) in [5.74, 6) is 3.26. The van der Waals surface area contributed by atoms with Gasteiger partial charge in [-0.2, -0.15) is 13.2 Å². The van der Waals surface area contributed by atoms with Gasteiger partial charge in [-0.25, -0.2) is 0 Å². The lowest BCUT2D eigenvalue weighted by Crippen LogP contribution is -2.63. The van der Waals surface area contributed by atoms with E-state index in [4.69, 9.17) is 0 Å². The average Bonchev–Trinajstić information content (AvgIpc) is 2.74. The molecule has 0 aliphatic rings. The van der Waals surface area contributed by atoms with Gasteiger partial charge < -0.3 is 0 Å². The van der Waals surface area contributed by atoms with E-state index in [2.05, 4.69) is 56.5 Å². The van der Waals surface area contributed by atoms with E-state index >= 15 is 0 Å². The van der Waals surface area contributed by atoms with Crippen molar-refractivity contribution in [3.05, 3.63) is 96.1 Å². The first-order valence-corrected chi connectivity index (χ1v) is 12.4. The lowest BCUT2D eigenvalue weighted by atomic mass is 10.0. The smallest absolute Gasteiger partial charge is 0.166 e. The maximum absolute atomic E-state index is 12.9. The Morgan fingerprint density at radius 3 is 1.55 bits per heavy atom. The van der Waals surface area contributed by atoms with Crippen LogP contribution in [0.1, 0.15) is 44.7 Å². The zero-order chi connectivity index (χ0) is 22.7.